The molecule has 1 atom stereocenters. The van der Waals surface area contributed by atoms with Crippen LogP contribution in [0.4, 0.5) is 0 Å². The van der Waals surface area contributed by atoms with Gasteiger partial charge < -0.3 is 10.1 Å². The predicted molar refractivity (Wildman–Crippen MR) is 38.6 cm³/mol. The Kier molecular flexibility index (Phi) is 4.54. The van der Waals surface area contributed by atoms with E-state index in [4.69, 9.17) is 0 Å². The first-order valence-electron chi connectivity index (χ1n) is 3.41. The van der Waals surface area contributed by atoms with Gasteiger partial charge in [-0.25, -0.2) is 0 Å². The zero-order valence-electron chi connectivity index (χ0n) is 6.39. The van der Waals surface area contributed by atoms with Crippen LogP contribution >= 0.6 is 0 Å². The minimum absolute atomic E-state index is 0.0231. The van der Waals surface area contributed by atoms with E-state index in [2.05, 4.69) is 5.32 Å². The third-order valence-electron chi connectivity index (χ3n) is 1.28. The minimum Gasteiger partial charge on any atom is -0.353 e. The smallest absolute Gasteiger partial charge is 0.217 e. The third kappa shape index (κ3) is 4.06. The van der Waals surface area contributed by atoms with Crippen LogP contribution in [0.1, 0.15) is 26.7 Å². The molecule has 0 aliphatic heterocycles. The molecule has 3 nitrogen and oxygen atoms in total. The largest absolute Gasteiger partial charge is 0.353 e. The molecule has 0 aromatic carbocycles. The Morgan fingerprint density at radius 2 is 2.30 bits per heavy atom. The Balaban J connectivity index is 3.59. The van der Waals surface area contributed by atoms with Crippen molar-refractivity contribution in [2.75, 3.05) is 0 Å². The molecule has 0 unspecified atom stereocenters. The zero-order chi connectivity index (χ0) is 7.98. The van der Waals surface area contributed by atoms with E-state index < -0.39 is 0 Å². The van der Waals surface area contributed by atoms with Crippen molar-refractivity contribution in [2.24, 2.45) is 0 Å². The highest BCUT2D eigenvalue weighted by Gasteiger charge is 2.04. The summed E-state index contributed by atoms with van der Waals surface area (Å²) in [4.78, 5) is 20.5. The van der Waals surface area contributed by atoms with Gasteiger partial charge in [-0.1, -0.05) is 6.92 Å². The van der Waals surface area contributed by atoms with E-state index in [0.29, 0.717) is 6.42 Å². The Labute approximate surface area is 60.8 Å². The van der Waals surface area contributed by atoms with Gasteiger partial charge in [0, 0.05) is 19.4 Å². The highest BCUT2D eigenvalue weighted by molar-refractivity contribution is 5.73. The Morgan fingerprint density at radius 1 is 1.70 bits per heavy atom. The summed E-state index contributed by atoms with van der Waals surface area (Å²) in [6.45, 7) is 3.39. The van der Waals surface area contributed by atoms with Gasteiger partial charge in [0.05, 0.1) is 0 Å². The van der Waals surface area contributed by atoms with E-state index in [1.165, 1.54) is 6.92 Å². The van der Waals surface area contributed by atoms with Crippen molar-refractivity contribution in [2.45, 2.75) is 32.7 Å². The lowest BCUT2D eigenvalue weighted by molar-refractivity contribution is -0.119. The number of carbonyl (C=O) groups is 2. The second-order valence-corrected chi connectivity index (χ2v) is 2.21. The van der Waals surface area contributed by atoms with Crippen molar-refractivity contribution >= 4 is 12.2 Å². The van der Waals surface area contributed by atoms with Crippen molar-refractivity contribution in [3.05, 3.63) is 0 Å². The molecule has 10 heavy (non-hydrogen) atoms. The molecule has 0 fully saturated rings. The molecule has 0 aliphatic carbocycles. The number of rotatable bonds is 4. The van der Waals surface area contributed by atoms with Crippen LogP contribution in [0.3, 0.4) is 0 Å². The van der Waals surface area contributed by atoms with E-state index in [1.807, 2.05) is 6.92 Å². The van der Waals surface area contributed by atoms with Crippen LogP contribution in [-0.4, -0.2) is 18.2 Å². The minimum atomic E-state index is -0.0753. The monoisotopic (exact) mass is 143 g/mol. The fourth-order valence-corrected chi connectivity index (χ4v) is 0.731. The van der Waals surface area contributed by atoms with E-state index in [1.54, 1.807) is 0 Å². The number of hydrogen-bond acceptors (Lipinski definition) is 2. The molecule has 0 heterocycles. The maximum absolute atomic E-state index is 10.5. The Bertz CT molecular complexity index is 123. The normalized spacial score (nSPS) is 12.2. The molecule has 0 saturated carbocycles. The molecule has 0 bridgehead atoms. The van der Waals surface area contributed by atoms with Gasteiger partial charge in [0.15, 0.2) is 0 Å². The summed E-state index contributed by atoms with van der Waals surface area (Å²) in [7, 11) is 0. The second kappa shape index (κ2) is 4.97. The molecular weight excluding hydrogens is 130 g/mol. The van der Waals surface area contributed by atoms with Crippen molar-refractivity contribution in [3.8, 4) is 0 Å². The Morgan fingerprint density at radius 3 is 2.60 bits per heavy atom. The van der Waals surface area contributed by atoms with Gasteiger partial charge >= 0.3 is 0 Å². The average Bonchev–Trinajstić information content (AvgIpc) is 1.86. The third-order valence-corrected chi connectivity index (χ3v) is 1.28. The molecule has 0 aromatic rings. The highest BCUT2D eigenvalue weighted by atomic mass is 16.1. The van der Waals surface area contributed by atoms with E-state index in [0.717, 1.165) is 12.7 Å². The number of carbonyl (C=O) groups excluding carboxylic acids is 2. The lowest BCUT2D eigenvalue weighted by Crippen LogP contribution is -2.32. The van der Waals surface area contributed by atoms with Crippen LogP contribution in [0.15, 0.2) is 0 Å². The lowest BCUT2D eigenvalue weighted by Gasteiger charge is -2.11. The summed E-state index contributed by atoms with van der Waals surface area (Å²) in [6.07, 6.45) is 2.04. The number of amides is 1. The van der Waals surface area contributed by atoms with Crippen LogP contribution in [0.2, 0.25) is 0 Å². The van der Waals surface area contributed by atoms with Crippen molar-refractivity contribution in [1.29, 1.82) is 0 Å². The molecule has 0 aliphatic rings. The summed E-state index contributed by atoms with van der Waals surface area (Å²) in [6, 6.07) is 0.0231. The molecule has 3 heteroatoms. The van der Waals surface area contributed by atoms with Crippen molar-refractivity contribution in [1.82, 2.24) is 5.32 Å². The maximum Gasteiger partial charge on any atom is 0.217 e. The van der Waals surface area contributed by atoms with Crippen LogP contribution in [0.5, 0.6) is 0 Å². The summed E-state index contributed by atoms with van der Waals surface area (Å²) in [5, 5.41) is 2.66. The molecule has 0 spiro atoms. The van der Waals surface area contributed by atoms with Gasteiger partial charge in [0.1, 0.15) is 6.29 Å². The predicted octanol–water partition coefficient (Wildman–Crippen LogP) is 0.490. The quantitative estimate of drug-likeness (QED) is 0.582. The topological polar surface area (TPSA) is 46.2 Å². The summed E-state index contributed by atoms with van der Waals surface area (Å²) in [5.41, 5.74) is 0. The van der Waals surface area contributed by atoms with Crippen molar-refractivity contribution < 1.29 is 9.59 Å². The molecule has 0 aromatic heterocycles. The van der Waals surface area contributed by atoms with Gasteiger partial charge in [0.25, 0.3) is 0 Å². The molecule has 1 amide bonds. The SMILES string of the molecule is CC[C@H](CC=O)NC(C)=O. The molecule has 0 rings (SSSR count). The van der Waals surface area contributed by atoms with E-state index >= 15 is 0 Å². The summed E-state index contributed by atoms with van der Waals surface area (Å²) in [5.74, 6) is -0.0753. The van der Waals surface area contributed by atoms with Crippen molar-refractivity contribution in [3.63, 3.8) is 0 Å². The first-order valence-corrected chi connectivity index (χ1v) is 3.41. The van der Waals surface area contributed by atoms with Crippen LogP contribution in [0, 0.1) is 0 Å². The van der Waals surface area contributed by atoms with Gasteiger partial charge in [-0.3, -0.25) is 4.79 Å². The molecular formula is C7H13NO2. The van der Waals surface area contributed by atoms with Gasteiger partial charge in [-0.2, -0.15) is 0 Å². The average molecular weight is 143 g/mol. The number of nitrogens with one attached hydrogen (secondary N) is 1. The van der Waals surface area contributed by atoms with Crippen LogP contribution in [0.25, 0.3) is 0 Å². The summed E-state index contributed by atoms with van der Waals surface area (Å²) >= 11 is 0. The Hall–Kier alpha value is -0.860. The summed E-state index contributed by atoms with van der Waals surface area (Å²) < 4.78 is 0. The van der Waals surface area contributed by atoms with Crippen LogP contribution in [-0.2, 0) is 9.59 Å². The second-order valence-electron chi connectivity index (χ2n) is 2.21. The number of aldehydes is 1. The van der Waals surface area contributed by atoms with Gasteiger partial charge in [-0.05, 0) is 6.42 Å². The molecule has 0 radical (unpaired) electrons. The standard InChI is InChI=1S/C7H13NO2/c1-3-7(4-5-9)8-6(2)10/h5,7H,3-4H2,1-2H3,(H,8,10)/t7-/m1/s1. The molecule has 0 saturated heterocycles. The first-order chi connectivity index (χ1) is 4.70. The highest BCUT2D eigenvalue weighted by Crippen LogP contribution is 1.93. The van der Waals surface area contributed by atoms with Gasteiger partial charge in [-0.15, -0.1) is 0 Å². The number of hydrogen-bond donors (Lipinski definition) is 1. The molecule has 58 valence electrons. The van der Waals surface area contributed by atoms with E-state index in [-0.39, 0.29) is 11.9 Å². The fraction of sp³-hybridized carbons (Fsp3) is 0.714. The lowest BCUT2D eigenvalue weighted by atomic mass is 10.2. The maximum atomic E-state index is 10.5. The van der Waals surface area contributed by atoms with E-state index in [9.17, 15) is 9.59 Å². The van der Waals surface area contributed by atoms with Gasteiger partial charge in [0.2, 0.25) is 5.91 Å². The molecule has 1 N–H and O–H groups in total. The fourth-order valence-electron chi connectivity index (χ4n) is 0.731. The van der Waals surface area contributed by atoms with Crippen LogP contribution < -0.4 is 5.32 Å². The first kappa shape index (κ1) is 9.14. The zero-order valence-corrected chi connectivity index (χ0v) is 6.39.